The second-order valence-corrected chi connectivity index (χ2v) is 6.80. The van der Waals surface area contributed by atoms with E-state index >= 15 is 0 Å². The normalized spacial score (nSPS) is 25.6. The molecule has 0 spiro atoms. The molecule has 2 aromatic rings. The molecule has 1 aliphatic heterocycles. The zero-order chi connectivity index (χ0) is 17.4. The van der Waals surface area contributed by atoms with Crippen molar-refractivity contribution < 1.29 is 14.7 Å². The van der Waals surface area contributed by atoms with Gasteiger partial charge in [-0.3, -0.25) is 4.79 Å². The molecule has 1 amide bonds. The van der Waals surface area contributed by atoms with E-state index < -0.39 is 12.0 Å². The summed E-state index contributed by atoms with van der Waals surface area (Å²) < 4.78 is 1.58. The molecule has 1 saturated heterocycles. The fourth-order valence-electron chi connectivity index (χ4n) is 4.24. The van der Waals surface area contributed by atoms with E-state index in [1.165, 1.54) is 6.33 Å². The highest BCUT2D eigenvalue weighted by molar-refractivity contribution is 5.97. The second-order valence-electron chi connectivity index (χ2n) is 6.80. The number of hydrogen-bond acceptors (Lipinski definition) is 4. The van der Waals surface area contributed by atoms with E-state index in [0.29, 0.717) is 17.9 Å². The molecule has 0 bridgehead atoms. The Morgan fingerprint density at radius 1 is 1.20 bits per heavy atom. The molecule has 2 heterocycles. The van der Waals surface area contributed by atoms with Gasteiger partial charge in [-0.2, -0.15) is 5.10 Å². The lowest BCUT2D eigenvalue weighted by Crippen LogP contribution is -2.46. The number of amides is 1. The number of aliphatic carboxylic acids is 1. The molecule has 7 heteroatoms. The molecule has 2 aliphatic rings. The third kappa shape index (κ3) is 2.79. The summed E-state index contributed by atoms with van der Waals surface area (Å²) in [4.78, 5) is 30.4. The molecule has 2 fully saturated rings. The number of benzene rings is 1. The molecule has 1 saturated carbocycles. The molecule has 25 heavy (non-hydrogen) atoms. The Morgan fingerprint density at radius 3 is 2.80 bits per heavy atom. The van der Waals surface area contributed by atoms with Crippen molar-refractivity contribution in [3.05, 3.63) is 42.5 Å². The van der Waals surface area contributed by atoms with Crippen LogP contribution in [-0.2, 0) is 4.79 Å². The van der Waals surface area contributed by atoms with Crippen LogP contribution in [0, 0.1) is 5.92 Å². The van der Waals surface area contributed by atoms with E-state index in [0.717, 1.165) is 31.4 Å². The van der Waals surface area contributed by atoms with Gasteiger partial charge in [0.1, 0.15) is 18.7 Å². The summed E-state index contributed by atoms with van der Waals surface area (Å²) in [6.45, 7) is 0. The van der Waals surface area contributed by atoms with Crippen molar-refractivity contribution in [2.45, 2.75) is 44.2 Å². The number of nitrogens with zero attached hydrogens (tertiary/aromatic N) is 4. The Bertz CT molecular complexity index is 789. The molecule has 4 rings (SSSR count). The zero-order valence-electron chi connectivity index (χ0n) is 13.8. The van der Waals surface area contributed by atoms with Crippen molar-refractivity contribution in [1.29, 1.82) is 0 Å². The first kappa shape index (κ1) is 15.8. The summed E-state index contributed by atoms with van der Waals surface area (Å²) in [5, 5.41) is 13.7. The topological polar surface area (TPSA) is 88.3 Å². The minimum Gasteiger partial charge on any atom is -0.480 e. The lowest BCUT2D eigenvalue weighted by Gasteiger charge is -2.33. The standard InChI is InChI=1S/C18H20N4O3/c23-17(13-5-3-6-14(8-13)21-11-19-10-20-21)22-15-7-2-1-4-12(15)9-16(22)18(24)25/h3,5-6,8,10-12,15-16H,1-2,4,7,9H2,(H,24,25)/t12-,15+,16-/m0/s1. The first-order chi connectivity index (χ1) is 12.1. The molecule has 130 valence electrons. The maximum atomic E-state index is 13.2. The Labute approximate surface area is 145 Å². The maximum Gasteiger partial charge on any atom is 0.326 e. The number of carboxylic acids is 1. The maximum absolute atomic E-state index is 13.2. The first-order valence-electron chi connectivity index (χ1n) is 8.65. The van der Waals surface area contributed by atoms with Crippen LogP contribution in [0.1, 0.15) is 42.5 Å². The molecule has 0 radical (unpaired) electrons. The van der Waals surface area contributed by atoms with Gasteiger partial charge >= 0.3 is 5.97 Å². The molecule has 1 aromatic heterocycles. The number of hydrogen-bond donors (Lipinski definition) is 1. The average Bonchev–Trinajstić information content (AvgIpc) is 3.29. The molecule has 1 N–H and O–H groups in total. The quantitative estimate of drug-likeness (QED) is 0.924. The van der Waals surface area contributed by atoms with Crippen LogP contribution in [0.25, 0.3) is 5.69 Å². The summed E-state index contributed by atoms with van der Waals surface area (Å²) in [6, 6.07) is 6.42. The second kappa shape index (κ2) is 6.31. The van der Waals surface area contributed by atoms with Crippen LogP contribution in [-0.4, -0.2) is 48.7 Å². The number of aromatic nitrogens is 3. The van der Waals surface area contributed by atoms with Crippen LogP contribution in [0.4, 0.5) is 0 Å². The summed E-state index contributed by atoms with van der Waals surface area (Å²) in [6.07, 6.45) is 7.64. The fraction of sp³-hybridized carbons (Fsp3) is 0.444. The van der Waals surface area contributed by atoms with Crippen molar-refractivity contribution in [2.75, 3.05) is 0 Å². The molecule has 0 unspecified atom stereocenters. The van der Waals surface area contributed by atoms with E-state index in [4.69, 9.17) is 0 Å². The van der Waals surface area contributed by atoms with E-state index in [1.54, 1.807) is 34.1 Å². The van der Waals surface area contributed by atoms with Crippen molar-refractivity contribution in [3.63, 3.8) is 0 Å². The summed E-state index contributed by atoms with van der Waals surface area (Å²) in [5.41, 5.74) is 1.22. The van der Waals surface area contributed by atoms with Crippen LogP contribution in [0.15, 0.2) is 36.9 Å². The monoisotopic (exact) mass is 340 g/mol. The molecular weight excluding hydrogens is 320 g/mol. The lowest BCUT2D eigenvalue weighted by atomic mass is 9.84. The highest BCUT2D eigenvalue weighted by Crippen LogP contribution is 2.40. The van der Waals surface area contributed by atoms with Crippen molar-refractivity contribution in [3.8, 4) is 5.69 Å². The zero-order valence-corrected chi connectivity index (χ0v) is 13.8. The third-order valence-electron chi connectivity index (χ3n) is 5.38. The predicted molar refractivity (Wildman–Crippen MR) is 89.3 cm³/mol. The summed E-state index contributed by atoms with van der Waals surface area (Å²) in [5.74, 6) is -0.809. The smallest absolute Gasteiger partial charge is 0.326 e. The molecule has 3 atom stereocenters. The van der Waals surface area contributed by atoms with Gasteiger partial charge in [0.2, 0.25) is 0 Å². The van der Waals surface area contributed by atoms with Gasteiger partial charge in [-0.1, -0.05) is 18.9 Å². The number of rotatable bonds is 3. The van der Waals surface area contributed by atoms with Gasteiger partial charge in [0, 0.05) is 11.6 Å². The van der Waals surface area contributed by atoms with Crippen LogP contribution < -0.4 is 0 Å². The van der Waals surface area contributed by atoms with Gasteiger partial charge in [0.25, 0.3) is 5.91 Å². The van der Waals surface area contributed by atoms with Crippen molar-refractivity contribution in [2.24, 2.45) is 5.92 Å². The van der Waals surface area contributed by atoms with Crippen molar-refractivity contribution >= 4 is 11.9 Å². The highest BCUT2D eigenvalue weighted by Gasteiger charge is 2.47. The van der Waals surface area contributed by atoms with Gasteiger partial charge in [-0.05, 0) is 43.4 Å². The van der Waals surface area contributed by atoms with E-state index in [1.807, 2.05) is 6.07 Å². The molecule has 1 aromatic carbocycles. The van der Waals surface area contributed by atoms with Crippen LogP contribution in [0.2, 0.25) is 0 Å². The fourth-order valence-corrected chi connectivity index (χ4v) is 4.24. The van der Waals surface area contributed by atoms with Gasteiger partial charge in [0.15, 0.2) is 0 Å². The van der Waals surface area contributed by atoms with Gasteiger partial charge in [-0.15, -0.1) is 0 Å². The largest absolute Gasteiger partial charge is 0.480 e. The van der Waals surface area contributed by atoms with Gasteiger partial charge in [0.05, 0.1) is 5.69 Å². The minimum atomic E-state index is -0.907. The number of carboxylic acid groups (broad SMARTS) is 1. The van der Waals surface area contributed by atoms with E-state index in [-0.39, 0.29) is 11.9 Å². The van der Waals surface area contributed by atoms with Crippen molar-refractivity contribution in [1.82, 2.24) is 19.7 Å². The van der Waals surface area contributed by atoms with Crippen LogP contribution in [0.3, 0.4) is 0 Å². The van der Waals surface area contributed by atoms with Gasteiger partial charge in [-0.25, -0.2) is 14.5 Å². The highest BCUT2D eigenvalue weighted by atomic mass is 16.4. The third-order valence-corrected chi connectivity index (χ3v) is 5.38. The predicted octanol–water partition coefficient (Wildman–Crippen LogP) is 2.13. The SMILES string of the molecule is O=C(O)[C@@H]1C[C@@H]2CCCC[C@H]2N1C(=O)c1cccc(-n2cncn2)c1. The van der Waals surface area contributed by atoms with Gasteiger partial charge < -0.3 is 10.0 Å². The Balaban J connectivity index is 1.67. The number of fused-ring (bicyclic) bond motifs is 1. The van der Waals surface area contributed by atoms with Crippen LogP contribution >= 0.6 is 0 Å². The van der Waals surface area contributed by atoms with E-state index in [9.17, 15) is 14.7 Å². The summed E-state index contributed by atoms with van der Waals surface area (Å²) in [7, 11) is 0. The molecular formula is C18H20N4O3. The number of likely N-dealkylation sites (tertiary alicyclic amines) is 1. The Kier molecular flexibility index (Phi) is 3.99. The lowest BCUT2D eigenvalue weighted by molar-refractivity contribution is -0.141. The minimum absolute atomic E-state index is 0.0392. The van der Waals surface area contributed by atoms with Crippen LogP contribution in [0.5, 0.6) is 0 Å². The number of carbonyl (C=O) groups excluding carboxylic acids is 1. The first-order valence-corrected chi connectivity index (χ1v) is 8.65. The summed E-state index contributed by atoms with van der Waals surface area (Å²) >= 11 is 0. The molecule has 1 aliphatic carbocycles. The Hall–Kier alpha value is -2.70. The average molecular weight is 340 g/mol. The Morgan fingerprint density at radius 2 is 2.04 bits per heavy atom. The molecule has 7 nitrogen and oxygen atoms in total. The number of carbonyl (C=O) groups is 2. The van der Waals surface area contributed by atoms with E-state index in [2.05, 4.69) is 10.1 Å².